The zero-order valence-electron chi connectivity index (χ0n) is 14.4. The van der Waals surface area contributed by atoms with Gasteiger partial charge in [-0.3, -0.25) is 4.90 Å². The van der Waals surface area contributed by atoms with Crippen LogP contribution in [0.4, 0.5) is 0 Å². The largest absolute Gasteiger partial charge is 0.329 e. The Labute approximate surface area is 132 Å². The van der Waals surface area contributed by atoms with E-state index in [1.807, 2.05) is 0 Å². The fourth-order valence-electron chi connectivity index (χ4n) is 4.57. The molecule has 0 aromatic rings. The maximum atomic E-state index is 6.30. The molecule has 0 spiro atoms. The Morgan fingerprint density at radius 1 is 1.00 bits per heavy atom. The molecule has 21 heavy (non-hydrogen) atoms. The van der Waals surface area contributed by atoms with Crippen molar-refractivity contribution in [1.29, 1.82) is 0 Å². The van der Waals surface area contributed by atoms with E-state index in [0.29, 0.717) is 5.54 Å². The fraction of sp³-hybridized carbons (Fsp3) is 1.00. The van der Waals surface area contributed by atoms with Crippen molar-refractivity contribution < 1.29 is 0 Å². The lowest BCUT2D eigenvalue weighted by atomic mass is 9.86. The standard InChI is InChI=1S/C18H37N3/c1-3-6-17-7-5-9-18(16-19,10-8-17)21-14-12-20(11-4-2)13-15-21/h17H,3-16,19H2,1-2H3. The van der Waals surface area contributed by atoms with E-state index in [9.17, 15) is 0 Å². The van der Waals surface area contributed by atoms with E-state index in [0.717, 1.165) is 12.5 Å². The minimum Gasteiger partial charge on any atom is -0.329 e. The van der Waals surface area contributed by atoms with Crippen molar-refractivity contribution in [3.05, 3.63) is 0 Å². The Morgan fingerprint density at radius 2 is 1.76 bits per heavy atom. The lowest BCUT2D eigenvalue weighted by Gasteiger charge is -2.47. The van der Waals surface area contributed by atoms with Crippen LogP contribution in [0.5, 0.6) is 0 Å². The van der Waals surface area contributed by atoms with Crippen molar-refractivity contribution in [1.82, 2.24) is 9.80 Å². The zero-order chi connectivity index (χ0) is 15.1. The maximum absolute atomic E-state index is 6.30. The number of hydrogen-bond acceptors (Lipinski definition) is 3. The van der Waals surface area contributed by atoms with E-state index < -0.39 is 0 Å². The van der Waals surface area contributed by atoms with E-state index in [2.05, 4.69) is 23.6 Å². The van der Waals surface area contributed by atoms with Crippen LogP contribution >= 0.6 is 0 Å². The van der Waals surface area contributed by atoms with Gasteiger partial charge in [-0.05, 0) is 38.1 Å². The summed E-state index contributed by atoms with van der Waals surface area (Å²) >= 11 is 0. The smallest absolute Gasteiger partial charge is 0.0332 e. The Morgan fingerprint density at radius 3 is 2.38 bits per heavy atom. The molecule has 2 aliphatic rings. The second kappa shape index (κ2) is 8.50. The summed E-state index contributed by atoms with van der Waals surface area (Å²) in [7, 11) is 0. The summed E-state index contributed by atoms with van der Waals surface area (Å²) in [5.41, 5.74) is 6.62. The summed E-state index contributed by atoms with van der Waals surface area (Å²) in [5, 5.41) is 0. The second-order valence-electron chi connectivity index (χ2n) is 7.34. The van der Waals surface area contributed by atoms with Crippen LogP contribution in [-0.2, 0) is 0 Å². The molecule has 0 radical (unpaired) electrons. The highest BCUT2D eigenvalue weighted by Gasteiger charge is 2.38. The topological polar surface area (TPSA) is 32.5 Å². The van der Waals surface area contributed by atoms with Gasteiger partial charge in [-0.1, -0.05) is 39.5 Å². The monoisotopic (exact) mass is 295 g/mol. The molecule has 124 valence electrons. The average molecular weight is 296 g/mol. The van der Waals surface area contributed by atoms with Gasteiger partial charge in [0.1, 0.15) is 0 Å². The molecule has 0 aromatic heterocycles. The molecule has 2 atom stereocenters. The molecule has 1 heterocycles. The predicted molar refractivity (Wildman–Crippen MR) is 91.6 cm³/mol. The van der Waals surface area contributed by atoms with Crippen LogP contribution in [0, 0.1) is 5.92 Å². The van der Waals surface area contributed by atoms with Crippen molar-refractivity contribution >= 4 is 0 Å². The lowest BCUT2D eigenvalue weighted by Crippen LogP contribution is -2.60. The highest BCUT2D eigenvalue weighted by molar-refractivity contribution is 4.96. The van der Waals surface area contributed by atoms with Crippen LogP contribution in [0.25, 0.3) is 0 Å². The van der Waals surface area contributed by atoms with E-state index in [1.165, 1.54) is 84.1 Å². The molecule has 3 heteroatoms. The van der Waals surface area contributed by atoms with Crippen molar-refractivity contribution in [2.75, 3.05) is 39.3 Å². The SMILES string of the molecule is CCCC1CCCC(CN)(N2CCN(CCC)CC2)CC1. The normalized spacial score (nSPS) is 33.0. The van der Waals surface area contributed by atoms with Crippen LogP contribution in [0.1, 0.15) is 65.2 Å². The number of nitrogens with zero attached hydrogens (tertiary/aromatic N) is 2. The van der Waals surface area contributed by atoms with Gasteiger partial charge in [0.05, 0.1) is 0 Å². The van der Waals surface area contributed by atoms with Crippen LogP contribution < -0.4 is 5.73 Å². The molecule has 1 aliphatic carbocycles. The highest BCUT2D eigenvalue weighted by Crippen LogP contribution is 2.36. The van der Waals surface area contributed by atoms with Crippen molar-refractivity contribution in [3.63, 3.8) is 0 Å². The molecule has 0 bridgehead atoms. The highest BCUT2D eigenvalue weighted by atomic mass is 15.3. The number of piperazine rings is 1. The van der Waals surface area contributed by atoms with Gasteiger partial charge in [0, 0.05) is 38.3 Å². The van der Waals surface area contributed by atoms with Gasteiger partial charge in [-0.2, -0.15) is 0 Å². The van der Waals surface area contributed by atoms with Crippen LogP contribution in [0.15, 0.2) is 0 Å². The number of rotatable bonds is 6. The van der Waals surface area contributed by atoms with Gasteiger partial charge >= 0.3 is 0 Å². The molecule has 0 amide bonds. The molecule has 1 saturated heterocycles. The van der Waals surface area contributed by atoms with Crippen LogP contribution in [0.3, 0.4) is 0 Å². The molecule has 2 rings (SSSR count). The molecular weight excluding hydrogens is 258 g/mol. The molecule has 2 fully saturated rings. The summed E-state index contributed by atoms with van der Waals surface area (Å²) < 4.78 is 0. The van der Waals surface area contributed by atoms with E-state index in [1.54, 1.807) is 0 Å². The van der Waals surface area contributed by atoms with Crippen LogP contribution in [-0.4, -0.2) is 54.6 Å². The Kier molecular flexibility index (Phi) is 6.97. The predicted octanol–water partition coefficient (Wildman–Crippen LogP) is 3.09. The Hall–Kier alpha value is -0.120. The average Bonchev–Trinajstić information content (AvgIpc) is 2.72. The van der Waals surface area contributed by atoms with E-state index >= 15 is 0 Å². The molecule has 1 aliphatic heterocycles. The van der Waals surface area contributed by atoms with Gasteiger partial charge < -0.3 is 10.6 Å². The second-order valence-corrected chi connectivity index (χ2v) is 7.34. The minimum atomic E-state index is 0.320. The summed E-state index contributed by atoms with van der Waals surface area (Å²) in [5.74, 6) is 0.963. The zero-order valence-corrected chi connectivity index (χ0v) is 14.4. The number of hydrogen-bond donors (Lipinski definition) is 1. The molecule has 2 N–H and O–H groups in total. The third-order valence-electron chi connectivity index (χ3n) is 5.93. The van der Waals surface area contributed by atoms with E-state index in [-0.39, 0.29) is 0 Å². The van der Waals surface area contributed by atoms with Gasteiger partial charge in [0.2, 0.25) is 0 Å². The Balaban J connectivity index is 1.92. The number of nitrogens with two attached hydrogens (primary N) is 1. The first-order valence-corrected chi connectivity index (χ1v) is 9.41. The first-order valence-electron chi connectivity index (χ1n) is 9.41. The van der Waals surface area contributed by atoms with Gasteiger partial charge in [0.15, 0.2) is 0 Å². The van der Waals surface area contributed by atoms with E-state index in [4.69, 9.17) is 5.73 Å². The van der Waals surface area contributed by atoms with Gasteiger partial charge in [-0.25, -0.2) is 0 Å². The molecular formula is C18H37N3. The minimum absolute atomic E-state index is 0.320. The summed E-state index contributed by atoms with van der Waals surface area (Å²) in [6, 6.07) is 0. The maximum Gasteiger partial charge on any atom is 0.0332 e. The molecule has 1 saturated carbocycles. The summed E-state index contributed by atoms with van der Waals surface area (Å²) in [6.07, 6.45) is 10.9. The fourth-order valence-corrected chi connectivity index (χ4v) is 4.57. The first-order chi connectivity index (χ1) is 10.2. The Bertz CT molecular complexity index is 286. The third kappa shape index (κ3) is 4.43. The van der Waals surface area contributed by atoms with Crippen molar-refractivity contribution in [2.45, 2.75) is 70.8 Å². The molecule has 3 nitrogen and oxygen atoms in total. The lowest BCUT2D eigenvalue weighted by molar-refractivity contribution is 0.0257. The third-order valence-corrected chi connectivity index (χ3v) is 5.93. The van der Waals surface area contributed by atoms with Crippen molar-refractivity contribution in [2.24, 2.45) is 11.7 Å². The first kappa shape index (κ1) is 17.2. The molecule has 0 aromatic carbocycles. The van der Waals surface area contributed by atoms with Crippen LogP contribution in [0.2, 0.25) is 0 Å². The molecule has 2 unspecified atom stereocenters. The van der Waals surface area contributed by atoms with Gasteiger partial charge in [-0.15, -0.1) is 0 Å². The summed E-state index contributed by atoms with van der Waals surface area (Å²) in [4.78, 5) is 5.38. The summed E-state index contributed by atoms with van der Waals surface area (Å²) in [6.45, 7) is 11.7. The quantitative estimate of drug-likeness (QED) is 0.764. The van der Waals surface area contributed by atoms with Crippen molar-refractivity contribution in [3.8, 4) is 0 Å². The van der Waals surface area contributed by atoms with Gasteiger partial charge in [0.25, 0.3) is 0 Å².